The fourth-order valence-electron chi connectivity index (χ4n) is 3.19. The second-order valence-corrected chi connectivity index (χ2v) is 8.10. The predicted molar refractivity (Wildman–Crippen MR) is 108 cm³/mol. The van der Waals surface area contributed by atoms with Gasteiger partial charge >= 0.3 is 5.97 Å². The summed E-state index contributed by atoms with van der Waals surface area (Å²) in [4.78, 5) is 17.6. The lowest BCUT2D eigenvalue weighted by Gasteiger charge is -2.18. The van der Waals surface area contributed by atoms with Crippen molar-refractivity contribution in [3.05, 3.63) is 34.7 Å². The van der Waals surface area contributed by atoms with Crippen molar-refractivity contribution in [3.8, 4) is 0 Å². The summed E-state index contributed by atoms with van der Waals surface area (Å²) in [5.41, 5.74) is 1.78. The number of hydrogen-bond acceptors (Lipinski definition) is 5. The fraction of sp³-hybridized carbons (Fsp3) is 0.500. The molecule has 1 atom stereocenters. The van der Waals surface area contributed by atoms with Crippen LogP contribution < -0.4 is 10.6 Å². The van der Waals surface area contributed by atoms with E-state index in [1.807, 2.05) is 10.8 Å². The van der Waals surface area contributed by atoms with E-state index in [0.29, 0.717) is 16.6 Å². The van der Waals surface area contributed by atoms with Crippen molar-refractivity contribution < 1.29 is 9.53 Å². The number of thiophene rings is 1. The quantitative estimate of drug-likeness (QED) is 0.447. The van der Waals surface area contributed by atoms with E-state index in [1.54, 1.807) is 23.9 Å². The zero-order chi connectivity index (χ0) is 18.5. The zero-order valence-electron chi connectivity index (χ0n) is 15.1. The molecular formula is C18H24N4O2S2. The molecule has 2 N–H and O–H groups in total. The number of ether oxygens (including phenoxy) is 1. The molecule has 2 aromatic rings. The van der Waals surface area contributed by atoms with Crippen LogP contribution in [0.15, 0.2) is 18.7 Å². The number of hydrogen-bond donors (Lipinski definition) is 2. The second-order valence-electron chi connectivity index (χ2n) is 6.58. The number of esters is 1. The lowest BCUT2D eigenvalue weighted by atomic mass is 9.88. The van der Waals surface area contributed by atoms with Gasteiger partial charge in [-0.1, -0.05) is 6.92 Å². The number of carbonyl (C=O) groups excluding carboxylic acids is 1. The summed E-state index contributed by atoms with van der Waals surface area (Å²) >= 11 is 7.03. The molecule has 26 heavy (non-hydrogen) atoms. The molecule has 2 heterocycles. The van der Waals surface area contributed by atoms with Crippen molar-refractivity contribution in [2.24, 2.45) is 5.92 Å². The number of aryl methyl sites for hydroxylation is 1. The third-order valence-corrected chi connectivity index (χ3v) is 5.98. The molecule has 0 radical (unpaired) electrons. The van der Waals surface area contributed by atoms with E-state index in [9.17, 15) is 4.79 Å². The van der Waals surface area contributed by atoms with Crippen LogP contribution in [0.25, 0.3) is 0 Å². The SMILES string of the molecule is COC(=O)c1c(NC(=S)NCCCn2ccnc2)sc2c1CC[C@@H](C)C2. The van der Waals surface area contributed by atoms with E-state index < -0.39 is 0 Å². The molecule has 0 unspecified atom stereocenters. The molecule has 8 heteroatoms. The minimum atomic E-state index is -0.289. The molecule has 1 aliphatic rings. The van der Waals surface area contributed by atoms with E-state index in [2.05, 4.69) is 22.5 Å². The fourth-order valence-corrected chi connectivity index (χ4v) is 4.86. The molecule has 140 valence electrons. The third kappa shape index (κ3) is 4.42. The van der Waals surface area contributed by atoms with Crippen LogP contribution in [0.4, 0.5) is 5.00 Å². The van der Waals surface area contributed by atoms with E-state index in [-0.39, 0.29) is 5.97 Å². The van der Waals surface area contributed by atoms with Gasteiger partial charge in [0.05, 0.1) is 19.0 Å². The first-order valence-electron chi connectivity index (χ1n) is 8.82. The molecule has 0 bridgehead atoms. The summed E-state index contributed by atoms with van der Waals surface area (Å²) in [6.45, 7) is 3.88. The monoisotopic (exact) mass is 392 g/mol. The van der Waals surface area contributed by atoms with Gasteiger partial charge in [0.25, 0.3) is 0 Å². The molecule has 6 nitrogen and oxygen atoms in total. The highest BCUT2D eigenvalue weighted by Gasteiger charge is 2.28. The van der Waals surface area contributed by atoms with Crippen LogP contribution in [0.1, 0.15) is 40.6 Å². The number of fused-ring (bicyclic) bond motifs is 1. The number of carbonyl (C=O) groups is 1. The molecule has 3 rings (SSSR count). The first kappa shape index (κ1) is 18.8. The summed E-state index contributed by atoms with van der Waals surface area (Å²) in [7, 11) is 1.42. The predicted octanol–water partition coefficient (Wildman–Crippen LogP) is 3.23. The Morgan fingerprint density at radius 1 is 1.54 bits per heavy atom. The van der Waals surface area contributed by atoms with Gasteiger partial charge in [-0.3, -0.25) is 0 Å². The van der Waals surface area contributed by atoms with Gasteiger partial charge in [0.1, 0.15) is 5.00 Å². The largest absolute Gasteiger partial charge is 0.465 e. The van der Waals surface area contributed by atoms with Crippen LogP contribution >= 0.6 is 23.6 Å². The number of aromatic nitrogens is 2. The van der Waals surface area contributed by atoms with Crippen molar-refractivity contribution in [3.63, 3.8) is 0 Å². The summed E-state index contributed by atoms with van der Waals surface area (Å²) in [6.07, 6.45) is 9.48. The standard InChI is InChI=1S/C18H24N4O2S2/c1-12-4-5-13-14(10-12)26-16(15(13)17(23)24-2)21-18(25)20-6-3-8-22-9-7-19-11-22/h7,9,11-12H,3-6,8,10H2,1-2H3,(H2,20,21,25)/t12-/m1/s1. The van der Waals surface area contributed by atoms with Crippen molar-refractivity contribution in [2.75, 3.05) is 19.0 Å². The topological polar surface area (TPSA) is 68.2 Å². The second kappa shape index (κ2) is 8.64. The summed E-state index contributed by atoms with van der Waals surface area (Å²) in [6, 6.07) is 0. The Morgan fingerprint density at radius 2 is 2.38 bits per heavy atom. The Bertz CT molecular complexity index is 771. The summed E-state index contributed by atoms with van der Waals surface area (Å²) in [5, 5.41) is 7.75. The highest BCUT2D eigenvalue weighted by molar-refractivity contribution is 7.80. The minimum absolute atomic E-state index is 0.289. The Hall–Kier alpha value is -1.93. The number of nitrogens with zero attached hydrogens (tertiary/aromatic N) is 2. The molecule has 1 aliphatic carbocycles. The molecule has 0 spiro atoms. The Morgan fingerprint density at radius 3 is 3.12 bits per heavy atom. The number of thiocarbonyl (C=S) groups is 1. The van der Waals surface area contributed by atoms with Crippen molar-refractivity contribution >= 4 is 39.6 Å². The number of methoxy groups -OCH3 is 1. The third-order valence-electron chi connectivity index (χ3n) is 4.57. The van der Waals surface area contributed by atoms with Gasteiger partial charge in [-0.2, -0.15) is 0 Å². The minimum Gasteiger partial charge on any atom is -0.465 e. The van der Waals surface area contributed by atoms with Gasteiger partial charge in [0.2, 0.25) is 0 Å². The van der Waals surface area contributed by atoms with Crippen LogP contribution in [0, 0.1) is 5.92 Å². The Balaban J connectivity index is 1.61. The molecule has 2 aromatic heterocycles. The molecule has 0 amide bonds. The van der Waals surface area contributed by atoms with Crippen LogP contribution in [-0.2, 0) is 24.1 Å². The Kier molecular flexibility index (Phi) is 6.26. The highest BCUT2D eigenvalue weighted by atomic mass is 32.1. The lowest BCUT2D eigenvalue weighted by molar-refractivity contribution is 0.0601. The van der Waals surface area contributed by atoms with E-state index in [1.165, 1.54) is 12.0 Å². The van der Waals surface area contributed by atoms with Crippen LogP contribution in [-0.4, -0.2) is 34.3 Å². The zero-order valence-corrected chi connectivity index (χ0v) is 16.7. The maximum atomic E-state index is 12.3. The molecule has 0 fully saturated rings. The van der Waals surface area contributed by atoms with Gasteiger partial charge in [0.15, 0.2) is 5.11 Å². The highest BCUT2D eigenvalue weighted by Crippen LogP contribution is 2.39. The number of anilines is 1. The average molecular weight is 393 g/mol. The van der Waals surface area contributed by atoms with Gasteiger partial charge < -0.3 is 19.9 Å². The number of imidazole rings is 1. The lowest BCUT2D eigenvalue weighted by Crippen LogP contribution is -2.30. The Labute approximate surface area is 163 Å². The van der Waals surface area contributed by atoms with E-state index >= 15 is 0 Å². The molecule has 0 saturated carbocycles. The normalized spacial score (nSPS) is 16.0. The molecule has 0 aromatic carbocycles. The number of nitrogens with one attached hydrogen (secondary N) is 2. The molecule has 0 saturated heterocycles. The van der Waals surface area contributed by atoms with Crippen LogP contribution in [0.3, 0.4) is 0 Å². The van der Waals surface area contributed by atoms with Gasteiger partial charge in [-0.05, 0) is 49.4 Å². The maximum absolute atomic E-state index is 12.3. The van der Waals surface area contributed by atoms with Crippen molar-refractivity contribution in [1.82, 2.24) is 14.9 Å². The van der Waals surface area contributed by atoms with Crippen molar-refractivity contribution in [2.45, 2.75) is 39.2 Å². The number of rotatable bonds is 6. The average Bonchev–Trinajstić information content (AvgIpc) is 3.25. The van der Waals surface area contributed by atoms with Crippen LogP contribution in [0.5, 0.6) is 0 Å². The molecular weight excluding hydrogens is 368 g/mol. The van der Waals surface area contributed by atoms with E-state index in [4.69, 9.17) is 17.0 Å². The van der Waals surface area contributed by atoms with Gasteiger partial charge in [0, 0.05) is 30.4 Å². The maximum Gasteiger partial charge on any atom is 0.341 e. The molecule has 0 aliphatic heterocycles. The van der Waals surface area contributed by atoms with Gasteiger partial charge in [-0.25, -0.2) is 9.78 Å². The van der Waals surface area contributed by atoms with Gasteiger partial charge in [-0.15, -0.1) is 11.3 Å². The first-order chi connectivity index (χ1) is 12.6. The van der Waals surface area contributed by atoms with Crippen molar-refractivity contribution in [1.29, 1.82) is 0 Å². The summed E-state index contributed by atoms with van der Waals surface area (Å²) in [5.74, 6) is 0.357. The summed E-state index contributed by atoms with van der Waals surface area (Å²) < 4.78 is 7.03. The first-order valence-corrected chi connectivity index (χ1v) is 10.0. The smallest absolute Gasteiger partial charge is 0.341 e. The van der Waals surface area contributed by atoms with Crippen LogP contribution in [0.2, 0.25) is 0 Å². The van der Waals surface area contributed by atoms with E-state index in [0.717, 1.165) is 49.3 Å².